The van der Waals surface area contributed by atoms with Gasteiger partial charge in [0.25, 0.3) is 5.89 Å². The van der Waals surface area contributed by atoms with Crippen LogP contribution in [0.1, 0.15) is 36.6 Å². The number of phenolic OH excluding ortho intramolecular Hbond substituents is 1. The first-order valence-electron chi connectivity index (χ1n) is 5.88. The van der Waals surface area contributed by atoms with Gasteiger partial charge in [-0.3, -0.25) is 0 Å². The Morgan fingerprint density at radius 1 is 1.35 bits per heavy atom. The minimum absolute atomic E-state index is 0.255. The molecule has 1 aromatic carbocycles. The molecule has 4 nitrogen and oxygen atoms in total. The summed E-state index contributed by atoms with van der Waals surface area (Å²) in [7, 11) is 0. The van der Waals surface area contributed by atoms with Gasteiger partial charge in [0.1, 0.15) is 5.75 Å². The number of hydrogen-bond donors (Lipinski definition) is 1. The Hall–Kier alpha value is -1.84. The summed E-state index contributed by atoms with van der Waals surface area (Å²) in [6.07, 6.45) is 3.55. The smallest absolute Gasteiger partial charge is 0.258 e. The molecule has 0 unspecified atom stereocenters. The molecule has 0 aliphatic heterocycles. The topological polar surface area (TPSA) is 59.2 Å². The molecule has 88 valence electrons. The average Bonchev–Trinajstić information content (AvgIpc) is 2.68. The molecule has 0 amide bonds. The fourth-order valence-corrected chi connectivity index (χ4v) is 2.03. The van der Waals surface area contributed by atoms with Crippen molar-refractivity contribution in [2.75, 3.05) is 0 Å². The average molecular weight is 230 g/mol. The molecule has 1 fully saturated rings. The Morgan fingerprint density at radius 3 is 2.88 bits per heavy atom. The molecule has 0 atom stereocenters. The largest absolute Gasteiger partial charge is 0.508 e. The van der Waals surface area contributed by atoms with Gasteiger partial charge < -0.3 is 9.63 Å². The Labute approximate surface area is 99.3 Å². The summed E-state index contributed by atoms with van der Waals surface area (Å²) in [6.45, 7) is 1.85. The summed E-state index contributed by atoms with van der Waals surface area (Å²) < 4.78 is 5.27. The predicted molar refractivity (Wildman–Crippen MR) is 62.7 cm³/mol. The van der Waals surface area contributed by atoms with E-state index < -0.39 is 0 Å². The second-order valence-corrected chi connectivity index (χ2v) is 4.54. The number of hydrogen-bond acceptors (Lipinski definition) is 4. The van der Waals surface area contributed by atoms with Gasteiger partial charge in [-0.15, -0.1) is 0 Å². The van der Waals surface area contributed by atoms with Crippen molar-refractivity contribution < 1.29 is 9.63 Å². The third-order valence-corrected chi connectivity index (χ3v) is 3.45. The number of aromatic hydroxyl groups is 1. The fourth-order valence-electron chi connectivity index (χ4n) is 2.03. The van der Waals surface area contributed by atoms with Gasteiger partial charge in [0.2, 0.25) is 0 Å². The van der Waals surface area contributed by atoms with Crippen LogP contribution in [0.5, 0.6) is 5.75 Å². The van der Waals surface area contributed by atoms with Crippen LogP contribution in [0.4, 0.5) is 0 Å². The van der Waals surface area contributed by atoms with Gasteiger partial charge in [-0.25, -0.2) is 0 Å². The van der Waals surface area contributed by atoms with Gasteiger partial charge in [-0.2, -0.15) is 4.98 Å². The van der Waals surface area contributed by atoms with Crippen LogP contribution in [-0.4, -0.2) is 15.2 Å². The summed E-state index contributed by atoms with van der Waals surface area (Å²) in [5.41, 5.74) is 1.58. The van der Waals surface area contributed by atoms with Crippen molar-refractivity contribution in [2.45, 2.75) is 32.1 Å². The molecule has 2 aromatic rings. The van der Waals surface area contributed by atoms with Gasteiger partial charge in [0.15, 0.2) is 5.82 Å². The van der Waals surface area contributed by atoms with Gasteiger partial charge in [-0.05, 0) is 31.9 Å². The number of benzene rings is 1. The Balaban J connectivity index is 1.97. The van der Waals surface area contributed by atoms with Gasteiger partial charge in [-0.1, -0.05) is 17.6 Å². The van der Waals surface area contributed by atoms with E-state index in [9.17, 15) is 5.11 Å². The van der Waals surface area contributed by atoms with E-state index in [0.29, 0.717) is 11.8 Å². The highest BCUT2D eigenvalue weighted by molar-refractivity contribution is 5.61. The predicted octanol–water partition coefficient (Wildman–Crippen LogP) is 3.02. The maximum Gasteiger partial charge on any atom is 0.258 e. The minimum atomic E-state index is 0.255. The lowest BCUT2D eigenvalue weighted by Gasteiger charge is -2.20. The Bertz CT molecular complexity index is 544. The molecule has 0 saturated heterocycles. The van der Waals surface area contributed by atoms with Gasteiger partial charge in [0, 0.05) is 17.0 Å². The van der Waals surface area contributed by atoms with Crippen molar-refractivity contribution in [1.82, 2.24) is 10.1 Å². The van der Waals surface area contributed by atoms with E-state index in [1.807, 2.05) is 13.0 Å². The number of aromatic nitrogens is 2. The van der Waals surface area contributed by atoms with E-state index in [2.05, 4.69) is 10.1 Å². The molecule has 1 aliphatic rings. The molecule has 1 aromatic heterocycles. The van der Waals surface area contributed by atoms with Crippen molar-refractivity contribution in [1.29, 1.82) is 0 Å². The van der Waals surface area contributed by atoms with Crippen LogP contribution in [0.3, 0.4) is 0 Å². The highest BCUT2D eigenvalue weighted by atomic mass is 16.5. The molecule has 0 bridgehead atoms. The molecular formula is C13H14N2O2. The zero-order valence-electron chi connectivity index (χ0n) is 9.68. The highest BCUT2D eigenvalue weighted by Gasteiger charge is 2.25. The monoisotopic (exact) mass is 230 g/mol. The minimum Gasteiger partial charge on any atom is -0.508 e. The highest BCUT2D eigenvalue weighted by Crippen LogP contribution is 2.36. The van der Waals surface area contributed by atoms with Crippen molar-refractivity contribution >= 4 is 0 Å². The first kappa shape index (κ1) is 10.3. The molecule has 1 N–H and O–H groups in total. The summed E-state index contributed by atoms with van der Waals surface area (Å²) in [5.74, 6) is 2.02. The normalized spacial score (nSPS) is 15.8. The Kier molecular flexibility index (Phi) is 2.35. The van der Waals surface area contributed by atoms with Crippen molar-refractivity contribution in [3.63, 3.8) is 0 Å². The van der Waals surface area contributed by atoms with Crippen molar-refractivity contribution in [3.8, 4) is 17.2 Å². The quantitative estimate of drug-likeness (QED) is 0.861. The summed E-state index contributed by atoms with van der Waals surface area (Å²) in [6, 6.07) is 5.32. The maximum atomic E-state index is 9.64. The van der Waals surface area contributed by atoms with E-state index in [0.717, 1.165) is 29.8 Å². The molecule has 1 aliphatic carbocycles. The lowest BCUT2D eigenvalue weighted by molar-refractivity contribution is 0.366. The van der Waals surface area contributed by atoms with Crippen LogP contribution in [0.25, 0.3) is 11.5 Å². The summed E-state index contributed by atoms with van der Waals surface area (Å²) in [5, 5.41) is 13.7. The van der Waals surface area contributed by atoms with Crippen LogP contribution < -0.4 is 0 Å². The standard InChI is InChI=1S/C13H14N2O2/c1-8-10(6-3-7-11(8)16)13-14-12(15-17-13)9-4-2-5-9/h3,6-7,9,16H,2,4-5H2,1H3. The zero-order valence-corrected chi connectivity index (χ0v) is 9.68. The van der Waals surface area contributed by atoms with Crippen LogP contribution in [0.2, 0.25) is 0 Å². The summed E-state index contributed by atoms with van der Waals surface area (Å²) >= 11 is 0. The third kappa shape index (κ3) is 1.69. The van der Waals surface area contributed by atoms with Gasteiger partial charge in [0.05, 0.1) is 0 Å². The van der Waals surface area contributed by atoms with Crippen LogP contribution in [0, 0.1) is 6.92 Å². The molecule has 1 heterocycles. The fraction of sp³-hybridized carbons (Fsp3) is 0.385. The Morgan fingerprint density at radius 2 is 2.18 bits per heavy atom. The third-order valence-electron chi connectivity index (χ3n) is 3.45. The molecule has 1 saturated carbocycles. The van der Waals surface area contributed by atoms with Crippen molar-refractivity contribution in [2.24, 2.45) is 0 Å². The van der Waals surface area contributed by atoms with E-state index in [1.165, 1.54) is 6.42 Å². The lowest BCUT2D eigenvalue weighted by Crippen LogP contribution is -2.10. The summed E-state index contributed by atoms with van der Waals surface area (Å²) in [4.78, 5) is 4.42. The molecule has 0 radical (unpaired) electrons. The van der Waals surface area contributed by atoms with E-state index >= 15 is 0 Å². The van der Waals surface area contributed by atoms with E-state index in [4.69, 9.17) is 4.52 Å². The number of nitrogens with zero attached hydrogens (tertiary/aromatic N) is 2. The molecule has 3 rings (SSSR count). The maximum absolute atomic E-state index is 9.64. The second-order valence-electron chi connectivity index (χ2n) is 4.54. The van der Waals surface area contributed by atoms with Crippen LogP contribution in [0.15, 0.2) is 22.7 Å². The van der Waals surface area contributed by atoms with Gasteiger partial charge >= 0.3 is 0 Å². The molecule has 17 heavy (non-hydrogen) atoms. The number of phenols is 1. The second kappa shape index (κ2) is 3.87. The first-order chi connectivity index (χ1) is 8.25. The van der Waals surface area contributed by atoms with Crippen LogP contribution in [-0.2, 0) is 0 Å². The molecule has 0 spiro atoms. The molecular weight excluding hydrogens is 216 g/mol. The molecule has 4 heteroatoms. The SMILES string of the molecule is Cc1c(O)cccc1-c1nc(C2CCC2)no1. The zero-order chi connectivity index (χ0) is 11.8. The van der Waals surface area contributed by atoms with Crippen LogP contribution >= 0.6 is 0 Å². The lowest BCUT2D eigenvalue weighted by atomic mass is 9.85. The number of rotatable bonds is 2. The van der Waals surface area contributed by atoms with Crippen molar-refractivity contribution in [3.05, 3.63) is 29.6 Å². The van der Waals surface area contributed by atoms with E-state index in [-0.39, 0.29) is 5.75 Å². The van der Waals surface area contributed by atoms with E-state index in [1.54, 1.807) is 12.1 Å². The first-order valence-corrected chi connectivity index (χ1v) is 5.88.